The van der Waals surface area contributed by atoms with Crippen molar-refractivity contribution >= 4 is 45.3 Å². The Hall–Kier alpha value is 1.52. The maximum absolute atomic E-state index is 9.15. The van der Waals surface area contributed by atoms with E-state index in [0.29, 0.717) is 0 Å². The summed E-state index contributed by atoms with van der Waals surface area (Å²) in [5, 5.41) is 0. The molecule has 0 heterocycles. The van der Waals surface area contributed by atoms with Crippen LogP contribution in [0.2, 0.25) is 0 Å². The zero-order chi connectivity index (χ0) is 5.58. The van der Waals surface area contributed by atoms with Crippen LogP contribution < -0.4 is 0 Å². The Labute approximate surface area is 60.9 Å². The van der Waals surface area contributed by atoms with E-state index in [0.717, 1.165) is 0 Å². The Morgan fingerprint density at radius 1 is 1.67 bits per heavy atom. The zero-order valence-electron chi connectivity index (χ0n) is 3.06. The molecule has 0 fully saturated rings. The Morgan fingerprint density at radius 2 is 1.67 bits per heavy atom. The van der Waals surface area contributed by atoms with E-state index in [1.807, 2.05) is 0 Å². The summed E-state index contributed by atoms with van der Waals surface area (Å²) in [6, 6.07) is 0. The van der Waals surface area contributed by atoms with Gasteiger partial charge in [0, 0.05) is 37.2 Å². The number of rotatable bonds is 0. The van der Waals surface area contributed by atoms with E-state index in [4.69, 9.17) is 9.46 Å². The fourth-order valence-corrected chi connectivity index (χ4v) is 0. The molecule has 0 amide bonds. The van der Waals surface area contributed by atoms with Crippen molar-refractivity contribution in [2.45, 2.75) is 0 Å². The first kappa shape index (κ1) is 10.5. The standard InChI is InChI=1S/CH3O2P.I2/c1-4(2)3;1-2/h1H3;/p+1. The number of hydrogen-bond donors (Lipinski definition) is 1. The van der Waals surface area contributed by atoms with Gasteiger partial charge in [0.2, 0.25) is 0 Å². The summed E-state index contributed by atoms with van der Waals surface area (Å²) in [5.74, 6) is 0. The van der Waals surface area contributed by atoms with Crippen molar-refractivity contribution in [1.82, 2.24) is 0 Å². The molecule has 0 saturated heterocycles. The predicted octanol–water partition coefficient (Wildman–Crippen LogP) is 2.12. The molecule has 0 radical (unpaired) electrons. The molecule has 1 atom stereocenters. The van der Waals surface area contributed by atoms with Crippen molar-refractivity contribution in [2.24, 2.45) is 0 Å². The highest BCUT2D eigenvalue weighted by molar-refractivity contribution is 15.0. The molecule has 5 heteroatoms. The van der Waals surface area contributed by atoms with Gasteiger partial charge in [-0.05, 0) is 4.57 Å². The quantitative estimate of drug-likeness (QED) is 0.545. The minimum atomic E-state index is -1.87. The van der Waals surface area contributed by atoms with Gasteiger partial charge in [-0.15, -0.1) is 0 Å². The molecule has 1 unspecified atom stereocenters. The second kappa shape index (κ2) is 9.72. The summed E-state index contributed by atoms with van der Waals surface area (Å²) >= 11 is 4.24. The largest absolute Gasteiger partial charge is 0.502 e. The second-order valence-corrected chi connectivity index (χ2v) is 1.39. The topological polar surface area (TPSA) is 37.3 Å². The van der Waals surface area contributed by atoms with E-state index in [1.54, 1.807) is 0 Å². The van der Waals surface area contributed by atoms with Crippen LogP contribution >= 0.6 is 45.3 Å². The molecule has 0 saturated carbocycles. The second-order valence-electron chi connectivity index (χ2n) is 0.464. The molecule has 0 aliphatic carbocycles. The van der Waals surface area contributed by atoms with Gasteiger partial charge in [-0.2, -0.15) is 4.89 Å². The van der Waals surface area contributed by atoms with Crippen molar-refractivity contribution < 1.29 is 9.46 Å². The van der Waals surface area contributed by atoms with Crippen molar-refractivity contribution in [2.75, 3.05) is 6.66 Å². The molecule has 6 heavy (non-hydrogen) atoms. The van der Waals surface area contributed by atoms with Crippen molar-refractivity contribution in [1.29, 1.82) is 0 Å². The molecule has 0 aromatic rings. The molecule has 0 spiro atoms. The van der Waals surface area contributed by atoms with Crippen LogP contribution in [-0.4, -0.2) is 11.6 Å². The highest BCUT2D eigenvalue weighted by Crippen LogP contribution is 1.99. The first-order chi connectivity index (χ1) is 2.73. The molecule has 0 aromatic carbocycles. The summed E-state index contributed by atoms with van der Waals surface area (Å²) in [7, 11) is -1.87. The molecule has 0 aliphatic rings. The first-order valence-corrected chi connectivity index (χ1v) is 8.92. The molecular weight excluding hydrogens is 329 g/mol. The van der Waals surface area contributed by atoms with E-state index >= 15 is 0 Å². The van der Waals surface area contributed by atoms with Crippen molar-refractivity contribution in [3.05, 3.63) is 0 Å². The molecule has 0 aromatic heterocycles. The van der Waals surface area contributed by atoms with Gasteiger partial charge in [-0.1, -0.05) is 0 Å². The van der Waals surface area contributed by atoms with Gasteiger partial charge in [-0.25, -0.2) is 0 Å². The lowest BCUT2D eigenvalue weighted by atomic mass is 12.0. The molecule has 38 valence electrons. The molecule has 0 bridgehead atoms. The third-order valence-electron chi connectivity index (χ3n) is 0. The molecule has 0 rings (SSSR count). The van der Waals surface area contributed by atoms with E-state index in [1.165, 1.54) is 6.66 Å². The van der Waals surface area contributed by atoms with Gasteiger partial charge in [0.15, 0.2) is 6.66 Å². The average molecular weight is 333 g/mol. The third-order valence-corrected chi connectivity index (χ3v) is 0. The van der Waals surface area contributed by atoms with Crippen LogP contribution in [-0.2, 0) is 4.57 Å². The van der Waals surface area contributed by atoms with Crippen LogP contribution in [0.25, 0.3) is 0 Å². The maximum Gasteiger partial charge on any atom is 0.502 e. The molecule has 2 nitrogen and oxygen atoms in total. The van der Waals surface area contributed by atoms with E-state index in [2.05, 4.69) is 37.2 Å². The summed E-state index contributed by atoms with van der Waals surface area (Å²) in [5.41, 5.74) is 0. The highest BCUT2D eigenvalue weighted by atomic mass is 128. The minimum Gasteiger partial charge on any atom is -0.161 e. The molecule has 1 N–H and O–H groups in total. The lowest BCUT2D eigenvalue weighted by Gasteiger charge is -1.36. The summed E-state index contributed by atoms with van der Waals surface area (Å²) in [4.78, 5) is 7.56. The van der Waals surface area contributed by atoms with Gasteiger partial charge < -0.3 is 0 Å². The number of hydrogen-bond acceptors (Lipinski definition) is 1. The fraction of sp³-hybridized carbons (Fsp3) is 1.00. The van der Waals surface area contributed by atoms with Gasteiger partial charge >= 0.3 is 8.03 Å². The smallest absolute Gasteiger partial charge is 0.161 e. The van der Waals surface area contributed by atoms with Crippen LogP contribution in [0.15, 0.2) is 0 Å². The van der Waals surface area contributed by atoms with Crippen LogP contribution in [0.5, 0.6) is 0 Å². The predicted molar refractivity (Wildman–Crippen MR) is 43.8 cm³/mol. The Bertz CT molecular complexity index is 34.5. The lowest BCUT2D eigenvalue weighted by Crippen LogP contribution is -1.35. The highest BCUT2D eigenvalue weighted by Gasteiger charge is 1.86. The summed E-state index contributed by atoms with van der Waals surface area (Å²) in [6.45, 7) is 1.23. The van der Waals surface area contributed by atoms with Crippen LogP contribution in [0, 0.1) is 0 Å². The Kier molecular flexibility index (Phi) is 17.0. The first-order valence-electron chi connectivity index (χ1n) is 0.973. The summed E-state index contributed by atoms with van der Waals surface area (Å²) < 4.78 is 9.15. The molecular formula is CH4I2O2P+. The fourth-order valence-electron chi connectivity index (χ4n) is 0. The van der Waals surface area contributed by atoms with Gasteiger partial charge in [-0.3, -0.25) is 0 Å². The van der Waals surface area contributed by atoms with Gasteiger partial charge in [0.05, 0.1) is 0 Å². The van der Waals surface area contributed by atoms with Crippen LogP contribution in [0.3, 0.4) is 0 Å². The molecule has 0 aliphatic heterocycles. The normalized spacial score (nSPS) is 8.33. The van der Waals surface area contributed by atoms with Crippen molar-refractivity contribution in [3.8, 4) is 0 Å². The maximum atomic E-state index is 9.15. The van der Waals surface area contributed by atoms with Crippen molar-refractivity contribution in [3.63, 3.8) is 0 Å². The van der Waals surface area contributed by atoms with Crippen LogP contribution in [0.4, 0.5) is 0 Å². The minimum absolute atomic E-state index is 1.23. The Balaban J connectivity index is 0. The zero-order valence-corrected chi connectivity index (χ0v) is 8.27. The monoisotopic (exact) mass is 333 g/mol. The average Bonchev–Trinajstić information content (AvgIpc) is 1.41. The van der Waals surface area contributed by atoms with Gasteiger partial charge in [0.25, 0.3) is 0 Å². The Morgan fingerprint density at radius 3 is 1.67 bits per heavy atom. The van der Waals surface area contributed by atoms with E-state index in [9.17, 15) is 0 Å². The lowest BCUT2D eigenvalue weighted by molar-refractivity contribution is 0.509. The van der Waals surface area contributed by atoms with E-state index < -0.39 is 8.03 Å². The third kappa shape index (κ3) is 48.8. The SMILES string of the molecule is C[P+](=O)O.II. The van der Waals surface area contributed by atoms with Crippen LogP contribution in [0.1, 0.15) is 0 Å². The number of halogens is 2. The summed E-state index contributed by atoms with van der Waals surface area (Å²) in [6.07, 6.45) is 0. The van der Waals surface area contributed by atoms with E-state index in [-0.39, 0.29) is 0 Å². The van der Waals surface area contributed by atoms with Gasteiger partial charge in [0.1, 0.15) is 0 Å².